The predicted octanol–water partition coefficient (Wildman–Crippen LogP) is 1.92. The molecule has 1 unspecified atom stereocenters. The van der Waals surface area contributed by atoms with Crippen LogP contribution in [0, 0.1) is 5.92 Å². The summed E-state index contributed by atoms with van der Waals surface area (Å²) >= 11 is 0. The van der Waals surface area contributed by atoms with E-state index in [2.05, 4.69) is 5.32 Å². The standard InChI is InChI=1S/C15H27NO3/c17-15(11-14-12-19-10-7-16-14)4-2-1-3-13-5-8-18-9-6-13/h13-14,16H,1-12H2. The summed E-state index contributed by atoms with van der Waals surface area (Å²) in [6.07, 6.45) is 7.28. The molecule has 2 aliphatic rings. The lowest BCUT2D eigenvalue weighted by atomic mass is 9.93. The van der Waals surface area contributed by atoms with Crippen LogP contribution in [0.2, 0.25) is 0 Å². The van der Waals surface area contributed by atoms with Gasteiger partial charge in [0.25, 0.3) is 0 Å². The second kappa shape index (κ2) is 8.67. The summed E-state index contributed by atoms with van der Waals surface area (Å²) in [5.41, 5.74) is 0. The zero-order valence-corrected chi connectivity index (χ0v) is 11.9. The molecule has 2 heterocycles. The lowest BCUT2D eigenvalue weighted by molar-refractivity contribution is -0.120. The molecule has 0 saturated carbocycles. The predicted molar refractivity (Wildman–Crippen MR) is 74.2 cm³/mol. The molecule has 0 spiro atoms. The van der Waals surface area contributed by atoms with Gasteiger partial charge in [-0.15, -0.1) is 0 Å². The van der Waals surface area contributed by atoms with Gasteiger partial charge in [-0.25, -0.2) is 0 Å². The fourth-order valence-electron chi connectivity index (χ4n) is 2.92. The second-order valence-corrected chi connectivity index (χ2v) is 5.77. The highest BCUT2D eigenvalue weighted by Gasteiger charge is 2.17. The minimum atomic E-state index is 0.247. The van der Waals surface area contributed by atoms with E-state index in [1.807, 2.05) is 0 Å². The Bertz CT molecular complexity index is 258. The van der Waals surface area contributed by atoms with E-state index in [0.717, 1.165) is 45.1 Å². The van der Waals surface area contributed by atoms with Crippen molar-refractivity contribution in [3.8, 4) is 0 Å². The van der Waals surface area contributed by atoms with Crippen molar-refractivity contribution in [3.05, 3.63) is 0 Å². The maximum Gasteiger partial charge on any atom is 0.134 e. The smallest absolute Gasteiger partial charge is 0.134 e. The number of carbonyl (C=O) groups is 1. The van der Waals surface area contributed by atoms with Crippen molar-refractivity contribution >= 4 is 5.78 Å². The maximum atomic E-state index is 11.8. The molecule has 2 saturated heterocycles. The van der Waals surface area contributed by atoms with Gasteiger partial charge in [0.2, 0.25) is 0 Å². The monoisotopic (exact) mass is 269 g/mol. The number of ether oxygens (including phenoxy) is 2. The molecule has 0 bridgehead atoms. The molecule has 2 fully saturated rings. The van der Waals surface area contributed by atoms with Gasteiger partial charge < -0.3 is 14.8 Å². The molecule has 0 aromatic carbocycles. The molecule has 110 valence electrons. The Labute approximate surface area is 116 Å². The number of Topliss-reactive ketones (excluding diaryl/α,β-unsaturated/α-hetero) is 1. The van der Waals surface area contributed by atoms with Crippen LogP contribution in [0.5, 0.6) is 0 Å². The third kappa shape index (κ3) is 6.02. The number of carbonyl (C=O) groups excluding carboxylic acids is 1. The van der Waals surface area contributed by atoms with Crippen molar-refractivity contribution in [2.75, 3.05) is 33.0 Å². The third-order valence-electron chi connectivity index (χ3n) is 4.13. The Balaban J connectivity index is 1.48. The summed E-state index contributed by atoms with van der Waals surface area (Å²) in [5, 5.41) is 3.33. The minimum Gasteiger partial charge on any atom is -0.381 e. The van der Waals surface area contributed by atoms with E-state index in [1.165, 1.54) is 25.7 Å². The van der Waals surface area contributed by atoms with Crippen molar-refractivity contribution in [3.63, 3.8) is 0 Å². The van der Waals surface area contributed by atoms with Crippen LogP contribution in [0.3, 0.4) is 0 Å². The molecule has 0 aromatic heterocycles. The average molecular weight is 269 g/mol. The van der Waals surface area contributed by atoms with Gasteiger partial charge in [-0.1, -0.05) is 12.8 Å². The van der Waals surface area contributed by atoms with Gasteiger partial charge in [0.05, 0.1) is 13.2 Å². The van der Waals surface area contributed by atoms with E-state index in [4.69, 9.17) is 9.47 Å². The summed E-state index contributed by atoms with van der Waals surface area (Å²) in [6.45, 7) is 4.19. The Kier molecular flexibility index (Phi) is 6.82. The number of morpholine rings is 1. The lowest BCUT2D eigenvalue weighted by Gasteiger charge is -2.23. The molecule has 0 radical (unpaired) electrons. The van der Waals surface area contributed by atoms with Crippen LogP contribution in [0.4, 0.5) is 0 Å². The first-order valence-corrected chi connectivity index (χ1v) is 7.75. The highest BCUT2D eigenvalue weighted by Crippen LogP contribution is 2.21. The van der Waals surface area contributed by atoms with Crippen molar-refractivity contribution in [1.82, 2.24) is 5.32 Å². The van der Waals surface area contributed by atoms with E-state index in [1.54, 1.807) is 0 Å². The van der Waals surface area contributed by atoms with Crippen molar-refractivity contribution in [2.24, 2.45) is 5.92 Å². The van der Waals surface area contributed by atoms with Crippen LogP contribution < -0.4 is 5.32 Å². The summed E-state index contributed by atoms with van der Waals surface area (Å²) in [5.74, 6) is 1.22. The summed E-state index contributed by atoms with van der Waals surface area (Å²) < 4.78 is 10.7. The topological polar surface area (TPSA) is 47.6 Å². The highest BCUT2D eigenvalue weighted by atomic mass is 16.5. The summed E-state index contributed by atoms with van der Waals surface area (Å²) in [4.78, 5) is 11.8. The van der Waals surface area contributed by atoms with Crippen LogP contribution in [0.25, 0.3) is 0 Å². The average Bonchev–Trinajstić information content (AvgIpc) is 2.46. The first-order chi connectivity index (χ1) is 9.34. The molecule has 0 aromatic rings. The lowest BCUT2D eigenvalue weighted by Crippen LogP contribution is -2.42. The van der Waals surface area contributed by atoms with Crippen LogP contribution >= 0.6 is 0 Å². The molecule has 0 aliphatic carbocycles. The zero-order valence-electron chi connectivity index (χ0n) is 11.9. The van der Waals surface area contributed by atoms with Gasteiger partial charge in [-0.05, 0) is 25.2 Å². The van der Waals surface area contributed by atoms with E-state index < -0.39 is 0 Å². The van der Waals surface area contributed by atoms with Crippen LogP contribution in [0.15, 0.2) is 0 Å². The Hall–Kier alpha value is -0.450. The first kappa shape index (κ1) is 14.9. The van der Waals surface area contributed by atoms with Crippen molar-refractivity contribution in [2.45, 2.75) is 51.0 Å². The normalized spacial score (nSPS) is 25.4. The molecule has 2 rings (SSSR count). The molecule has 1 N–H and O–H groups in total. The number of ketones is 1. The van der Waals surface area contributed by atoms with Crippen LogP contribution in [-0.4, -0.2) is 44.8 Å². The van der Waals surface area contributed by atoms with Crippen LogP contribution in [0.1, 0.15) is 44.9 Å². The van der Waals surface area contributed by atoms with Gasteiger partial charge in [0, 0.05) is 38.6 Å². The third-order valence-corrected chi connectivity index (χ3v) is 4.13. The Morgan fingerprint density at radius 3 is 2.68 bits per heavy atom. The fraction of sp³-hybridized carbons (Fsp3) is 0.933. The Morgan fingerprint density at radius 2 is 1.95 bits per heavy atom. The molecule has 1 atom stereocenters. The molecule has 2 aliphatic heterocycles. The quantitative estimate of drug-likeness (QED) is 0.717. The van der Waals surface area contributed by atoms with E-state index in [0.29, 0.717) is 18.8 Å². The molecule has 4 heteroatoms. The van der Waals surface area contributed by atoms with Crippen molar-refractivity contribution in [1.29, 1.82) is 0 Å². The van der Waals surface area contributed by atoms with Gasteiger partial charge in [0.1, 0.15) is 5.78 Å². The zero-order chi connectivity index (χ0) is 13.3. The fourth-order valence-corrected chi connectivity index (χ4v) is 2.92. The largest absolute Gasteiger partial charge is 0.381 e. The van der Waals surface area contributed by atoms with Gasteiger partial charge in [-0.2, -0.15) is 0 Å². The van der Waals surface area contributed by atoms with Gasteiger partial charge in [0.15, 0.2) is 0 Å². The summed E-state index contributed by atoms with van der Waals surface area (Å²) in [7, 11) is 0. The van der Waals surface area contributed by atoms with Crippen molar-refractivity contribution < 1.29 is 14.3 Å². The number of hydrogen-bond donors (Lipinski definition) is 1. The van der Waals surface area contributed by atoms with E-state index >= 15 is 0 Å². The minimum absolute atomic E-state index is 0.247. The number of nitrogens with one attached hydrogen (secondary N) is 1. The molecule has 4 nitrogen and oxygen atoms in total. The number of rotatable bonds is 7. The first-order valence-electron chi connectivity index (χ1n) is 7.75. The molecular weight excluding hydrogens is 242 g/mol. The molecule has 0 amide bonds. The second-order valence-electron chi connectivity index (χ2n) is 5.77. The van der Waals surface area contributed by atoms with Crippen LogP contribution in [-0.2, 0) is 14.3 Å². The molecule has 19 heavy (non-hydrogen) atoms. The number of hydrogen-bond acceptors (Lipinski definition) is 4. The Morgan fingerprint density at radius 1 is 1.11 bits per heavy atom. The maximum absolute atomic E-state index is 11.8. The number of unbranched alkanes of at least 4 members (excludes halogenated alkanes) is 1. The SMILES string of the molecule is O=C(CCCCC1CCOCC1)CC1COCCN1. The van der Waals surface area contributed by atoms with E-state index in [9.17, 15) is 4.79 Å². The highest BCUT2D eigenvalue weighted by molar-refractivity contribution is 5.78. The van der Waals surface area contributed by atoms with Gasteiger partial charge in [-0.3, -0.25) is 4.79 Å². The molecular formula is C15H27NO3. The summed E-state index contributed by atoms with van der Waals surface area (Å²) in [6, 6.07) is 0.247. The van der Waals surface area contributed by atoms with Gasteiger partial charge >= 0.3 is 0 Å². The van der Waals surface area contributed by atoms with E-state index in [-0.39, 0.29) is 6.04 Å².